The number of carbonyl (C=O) groups is 1. The lowest BCUT2D eigenvalue weighted by atomic mass is 10.0. The average molecular weight is 447 g/mol. The van der Waals surface area contributed by atoms with Crippen molar-refractivity contribution in [2.24, 2.45) is 5.92 Å². The summed E-state index contributed by atoms with van der Waals surface area (Å²) in [5, 5.41) is 9.59. The SMILES string of the molecule is COc1cc(C=CC(=O)OCCCCCCCCCCCCCCCC(C)C)ccc1O. The van der Waals surface area contributed by atoms with Crippen LogP contribution in [0, 0.1) is 5.92 Å². The van der Waals surface area contributed by atoms with E-state index in [2.05, 4.69) is 13.8 Å². The number of carbonyl (C=O) groups excluding carboxylic acids is 1. The van der Waals surface area contributed by atoms with Crippen LogP contribution < -0.4 is 4.74 Å². The van der Waals surface area contributed by atoms with Gasteiger partial charge in [0.15, 0.2) is 11.5 Å². The standard InChI is InChI=1S/C28H46O4/c1-24(2)17-15-13-11-9-7-5-4-6-8-10-12-14-16-22-32-28(30)21-19-25-18-20-26(29)27(23-25)31-3/h18-21,23-24,29H,4-17,22H2,1-3H3. The first-order valence-electron chi connectivity index (χ1n) is 12.7. The first kappa shape index (κ1) is 28.1. The van der Waals surface area contributed by atoms with Gasteiger partial charge in [-0.2, -0.15) is 0 Å². The molecule has 0 fully saturated rings. The smallest absolute Gasteiger partial charge is 0.330 e. The van der Waals surface area contributed by atoms with Crippen molar-refractivity contribution in [2.75, 3.05) is 13.7 Å². The van der Waals surface area contributed by atoms with E-state index in [-0.39, 0.29) is 11.7 Å². The van der Waals surface area contributed by atoms with Crippen molar-refractivity contribution in [3.8, 4) is 11.5 Å². The van der Waals surface area contributed by atoms with E-state index in [1.807, 2.05) is 0 Å². The summed E-state index contributed by atoms with van der Waals surface area (Å²) in [7, 11) is 1.49. The van der Waals surface area contributed by atoms with Crippen molar-refractivity contribution in [1.82, 2.24) is 0 Å². The zero-order valence-electron chi connectivity index (χ0n) is 20.7. The molecular formula is C28H46O4. The molecule has 0 bridgehead atoms. The van der Waals surface area contributed by atoms with Gasteiger partial charge >= 0.3 is 5.97 Å². The predicted octanol–water partition coefficient (Wildman–Crippen LogP) is 8.07. The Morgan fingerprint density at radius 2 is 1.41 bits per heavy atom. The summed E-state index contributed by atoms with van der Waals surface area (Å²) in [6.07, 6.45) is 21.5. The number of aromatic hydroxyl groups is 1. The molecule has 0 aliphatic rings. The second-order valence-corrected chi connectivity index (χ2v) is 9.21. The second kappa shape index (κ2) is 18.6. The van der Waals surface area contributed by atoms with Crippen LogP contribution >= 0.6 is 0 Å². The fourth-order valence-electron chi connectivity index (χ4n) is 3.78. The van der Waals surface area contributed by atoms with Crippen LogP contribution in [0.1, 0.15) is 109 Å². The number of hydrogen-bond donors (Lipinski definition) is 1. The lowest BCUT2D eigenvalue weighted by molar-refractivity contribution is -0.137. The van der Waals surface area contributed by atoms with E-state index in [0.29, 0.717) is 12.4 Å². The average Bonchev–Trinajstić information content (AvgIpc) is 2.78. The molecule has 32 heavy (non-hydrogen) atoms. The Labute approximate surface area is 196 Å². The molecule has 0 atom stereocenters. The van der Waals surface area contributed by atoms with Crippen LogP contribution in [0.4, 0.5) is 0 Å². The molecule has 1 aromatic carbocycles. The zero-order valence-corrected chi connectivity index (χ0v) is 20.7. The van der Waals surface area contributed by atoms with Crippen LogP contribution in [-0.2, 0) is 9.53 Å². The fourth-order valence-corrected chi connectivity index (χ4v) is 3.78. The maximum Gasteiger partial charge on any atom is 0.330 e. The van der Waals surface area contributed by atoms with Crippen molar-refractivity contribution >= 4 is 12.0 Å². The van der Waals surface area contributed by atoms with Crippen LogP contribution in [0.2, 0.25) is 0 Å². The Morgan fingerprint density at radius 1 is 0.875 bits per heavy atom. The normalized spacial score (nSPS) is 11.4. The molecule has 4 heteroatoms. The molecular weight excluding hydrogens is 400 g/mol. The molecule has 0 saturated carbocycles. The number of ether oxygens (including phenoxy) is 2. The number of esters is 1. The highest BCUT2D eigenvalue weighted by Crippen LogP contribution is 2.26. The number of unbranched alkanes of at least 4 members (excludes halogenated alkanes) is 12. The summed E-state index contributed by atoms with van der Waals surface area (Å²) in [5.41, 5.74) is 0.776. The molecule has 1 aromatic rings. The van der Waals surface area contributed by atoms with Crippen LogP contribution in [0.5, 0.6) is 11.5 Å². The van der Waals surface area contributed by atoms with E-state index in [1.165, 1.54) is 90.2 Å². The van der Waals surface area contributed by atoms with Gasteiger partial charge in [-0.25, -0.2) is 4.79 Å². The van der Waals surface area contributed by atoms with Crippen LogP contribution in [0.3, 0.4) is 0 Å². The van der Waals surface area contributed by atoms with E-state index in [0.717, 1.165) is 24.3 Å². The van der Waals surface area contributed by atoms with Gasteiger partial charge in [0.05, 0.1) is 13.7 Å². The minimum Gasteiger partial charge on any atom is -0.504 e. The highest BCUT2D eigenvalue weighted by Gasteiger charge is 2.02. The second-order valence-electron chi connectivity index (χ2n) is 9.21. The minimum absolute atomic E-state index is 0.0788. The molecule has 0 saturated heterocycles. The molecule has 4 nitrogen and oxygen atoms in total. The van der Waals surface area contributed by atoms with E-state index in [9.17, 15) is 9.90 Å². The molecule has 0 aliphatic carbocycles. The van der Waals surface area contributed by atoms with Gasteiger partial charge in [0, 0.05) is 6.08 Å². The topological polar surface area (TPSA) is 55.8 Å². The van der Waals surface area contributed by atoms with E-state index < -0.39 is 0 Å². The summed E-state index contributed by atoms with van der Waals surface area (Å²) in [5.74, 6) is 0.982. The lowest BCUT2D eigenvalue weighted by Gasteiger charge is -2.05. The Hall–Kier alpha value is -1.97. The summed E-state index contributed by atoms with van der Waals surface area (Å²) >= 11 is 0. The van der Waals surface area contributed by atoms with Gasteiger partial charge in [0.1, 0.15) is 0 Å². The fraction of sp³-hybridized carbons (Fsp3) is 0.679. The highest BCUT2D eigenvalue weighted by atomic mass is 16.5. The van der Waals surface area contributed by atoms with Crippen molar-refractivity contribution in [3.05, 3.63) is 29.8 Å². The van der Waals surface area contributed by atoms with Crippen LogP contribution in [0.15, 0.2) is 24.3 Å². The molecule has 1 N–H and O–H groups in total. The molecule has 0 amide bonds. The van der Waals surface area contributed by atoms with Gasteiger partial charge in [-0.05, 0) is 36.1 Å². The van der Waals surface area contributed by atoms with Gasteiger partial charge in [0.25, 0.3) is 0 Å². The first-order chi connectivity index (χ1) is 15.5. The molecule has 0 aliphatic heterocycles. The number of hydrogen-bond acceptors (Lipinski definition) is 4. The van der Waals surface area contributed by atoms with Gasteiger partial charge in [-0.15, -0.1) is 0 Å². The van der Waals surface area contributed by atoms with Crippen molar-refractivity contribution < 1.29 is 19.4 Å². The summed E-state index contributed by atoms with van der Waals surface area (Å²) < 4.78 is 10.3. The minimum atomic E-state index is -0.336. The molecule has 1 rings (SSSR count). The third-order valence-corrected chi connectivity index (χ3v) is 5.79. The molecule has 0 heterocycles. The number of benzene rings is 1. The Kier molecular flexibility index (Phi) is 16.3. The van der Waals surface area contributed by atoms with Crippen molar-refractivity contribution in [2.45, 2.75) is 104 Å². The molecule has 182 valence electrons. The molecule has 0 radical (unpaired) electrons. The number of phenolic OH excluding ortho intramolecular Hbond substituents is 1. The summed E-state index contributed by atoms with van der Waals surface area (Å²) in [6, 6.07) is 4.94. The van der Waals surface area contributed by atoms with Gasteiger partial charge in [0.2, 0.25) is 0 Å². The predicted molar refractivity (Wildman–Crippen MR) is 134 cm³/mol. The van der Waals surface area contributed by atoms with E-state index in [4.69, 9.17) is 9.47 Å². The zero-order chi connectivity index (χ0) is 23.4. The van der Waals surface area contributed by atoms with E-state index in [1.54, 1.807) is 24.3 Å². The van der Waals surface area contributed by atoms with Crippen molar-refractivity contribution in [1.29, 1.82) is 0 Å². The number of rotatable bonds is 19. The monoisotopic (exact) mass is 446 g/mol. The van der Waals surface area contributed by atoms with Crippen LogP contribution in [0.25, 0.3) is 6.08 Å². The van der Waals surface area contributed by atoms with Crippen LogP contribution in [-0.4, -0.2) is 24.8 Å². The molecule has 0 unspecified atom stereocenters. The first-order valence-corrected chi connectivity index (χ1v) is 12.7. The highest BCUT2D eigenvalue weighted by molar-refractivity contribution is 5.87. The van der Waals surface area contributed by atoms with Gasteiger partial charge in [-0.3, -0.25) is 0 Å². The maximum atomic E-state index is 11.8. The summed E-state index contributed by atoms with van der Waals surface area (Å²) in [4.78, 5) is 11.8. The van der Waals surface area contributed by atoms with Gasteiger partial charge in [-0.1, -0.05) is 103 Å². The quantitative estimate of drug-likeness (QED) is 0.133. The molecule has 0 aromatic heterocycles. The Morgan fingerprint density at radius 3 is 1.94 bits per heavy atom. The lowest BCUT2D eigenvalue weighted by Crippen LogP contribution is -2.02. The largest absolute Gasteiger partial charge is 0.504 e. The number of phenols is 1. The Bertz CT molecular complexity index is 636. The Balaban J connectivity index is 1.90. The van der Waals surface area contributed by atoms with Crippen molar-refractivity contribution in [3.63, 3.8) is 0 Å². The summed E-state index contributed by atoms with van der Waals surface area (Å²) in [6.45, 7) is 5.10. The van der Waals surface area contributed by atoms with Gasteiger partial charge < -0.3 is 14.6 Å². The third kappa shape index (κ3) is 14.9. The molecule has 0 spiro atoms. The third-order valence-electron chi connectivity index (χ3n) is 5.79. The number of methoxy groups -OCH3 is 1. The maximum absolute atomic E-state index is 11.8. The van der Waals surface area contributed by atoms with E-state index >= 15 is 0 Å².